The van der Waals surface area contributed by atoms with Gasteiger partial charge in [-0.05, 0) is 36.2 Å². The van der Waals surface area contributed by atoms with Crippen LogP contribution in [0.15, 0.2) is 75.3 Å². The fourth-order valence-electron chi connectivity index (χ4n) is 2.12. The van der Waals surface area contributed by atoms with E-state index in [1.54, 1.807) is 24.3 Å². The van der Waals surface area contributed by atoms with Crippen LogP contribution >= 0.6 is 11.6 Å². The van der Waals surface area contributed by atoms with E-state index in [0.717, 1.165) is 6.20 Å². The molecule has 0 aliphatic heterocycles. The highest BCUT2D eigenvalue weighted by Crippen LogP contribution is 2.20. The quantitative estimate of drug-likeness (QED) is 0.395. The molecule has 0 saturated carbocycles. The number of para-hydroxylation sites is 1. The lowest BCUT2D eigenvalue weighted by Crippen LogP contribution is -2.22. The monoisotopic (exact) mass is 390 g/mol. The molecule has 0 bridgehead atoms. The number of aliphatic imine (C=N–C) groups is 1. The van der Waals surface area contributed by atoms with Gasteiger partial charge >= 0.3 is 0 Å². The molecule has 3 aromatic rings. The second kappa shape index (κ2) is 7.59. The maximum Gasteiger partial charge on any atom is 0.263 e. The summed E-state index contributed by atoms with van der Waals surface area (Å²) < 4.78 is 32.5. The van der Waals surface area contributed by atoms with Gasteiger partial charge in [0.15, 0.2) is 0 Å². The molecule has 0 atom stereocenters. The number of anilines is 1. The number of pyridine rings is 1. The molecule has 9 heteroatoms. The highest BCUT2D eigenvalue weighted by molar-refractivity contribution is 7.92. The topological polar surface area (TPSA) is 108 Å². The Morgan fingerprint density at radius 3 is 2.69 bits per heavy atom. The summed E-state index contributed by atoms with van der Waals surface area (Å²) in [6.45, 7) is 0.0635. The third kappa shape index (κ3) is 4.22. The van der Waals surface area contributed by atoms with E-state index in [1.807, 2.05) is 0 Å². The average Bonchev–Trinajstić information content (AvgIpc) is 3.14. The Hall–Kier alpha value is -2.84. The van der Waals surface area contributed by atoms with Crippen molar-refractivity contribution in [2.45, 2.75) is 11.4 Å². The minimum Gasteiger partial charge on any atom is -0.858 e. The molecule has 3 rings (SSSR count). The lowest BCUT2D eigenvalue weighted by atomic mass is 10.2. The third-order valence-corrected chi connectivity index (χ3v) is 4.95. The van der Waals surface area contributed by atoms with Crippen LogP contribution in [-0.2, 0) is 16.6 Å². The number of hydrogen-bond donors (Lipinski definition) is 1. The number of rotatable bonds is 6. The molecule has 0 unspecified atom stereocenters. The van der Waals surface area contributed by atoms with E-state index in [9.17, 15) is 13.5 Å². The molecule has 1 aromatic carbocycles. The minimum atomic E-state index is -3.93. The maximum atomic E-state index is 12.5. The summed E-state index contributed by atoms with van der Waals surface area (Å²) in [5, 5.41) is 12.5. The van der Waals surface area contributed by atoms with Gasteiger partial charge in [-0.2, -0.15) is 0 Å². The summed E-state index contributed by atoms with van der Waals surface area (Å²) in [4.78, 5) is 7.59. The van der Waals surface area contributed by atoms with E-state index in [4.69, 9.17) is 16.0 Å². The molecular weight excluding hydrogens is 378 g/mol. The smallest absolute Gasteiger partial charge is 0.263 e. The van der Waals surface area contributed by atoms with E-state index in [2.05, 4.69) is 14.7 Å². The minimum absolute atomic E-state index is 0.0635. The molecule has 2 heterocycles. The fourth-order valence-corrected chi connectivity index (χ4v) is 3.26. The third-order valence-electron chi connectivity index (χ3n) is 3.37. The van der Waals surface area contributed by atoms with E-state index < -0.39 is 15.9 Å². The summed E-state index contributed by atoms with van der Waals surface area (Å²) in [7, 11) is -3.93. The SMILES string of the molecule is O=S(=O)(Nc1ccccc1C([O-])=NCc1ccco1)c1ccc(Cl)nc1. The molecule has 134 valence electrons. The molecule has 0 saturated heterocycles. The Morgan fingerprint density at radius 1 is 1.19 bits per heavy atom. The van der Waals surface area contributed by atoms with Gasteiger partial charge in [0.1, 0.15) is 15.8 Å². The second-order valence-corrected chi connectivity index (χ2v) is 7.24. The van der Waals surface area contributed by atoms with Gasteiger partial charge in [-0.25, -0.2) is 13.4 Å². The molecule has 0 aliphatic carbocycles. The Bertz CT molecular complexity index is 1020. The number of halogens is 1. The van der Waals surface area contributed by atoms with Gasteiger partial charge in [0.05, 0.1) is 18.5 Å². The van der Waals surface area contributed by atoms with Crippen LogP contribution in [0.1, 0.15) is 11.3 Å². The second-order valence-electron chi connectivity index (χ2n) is 5.17. The molecule has 26 heavy (non-hydrogen) atoms. The van der Waals surface area contributed by atoms with Gasteiger partial charge in [0, 0.05) is 11.8 Å². The molecule has 0 amide bonds. The number of benzene rings is 1. The standard InChI is InChI=1S/C17H14ClN3O4S/c18-16-8-7-13(11-19-16)26(23,24)21-15-6-2-1-5-14(15)17(22)20-10-12-4-3-9-25-12/h1-9,11,21H,10H2,(H,20,22)/p-1. The number of sulfonamides is 1. The van der Waals surface area contributed by atoms with Gasteiger partial charge < -0.3 is 9.52 Å². The maximum absolute atomic E-state index is 12.5. The zero-order chi connectivity index (χ0) is 18.6. The highest BCUT2D eigenvalue weighted by atomic mass is 35.5. The Balaban J connectivity index is 1.87. The molecule has 2 aromatic heterocycles. The highest BCUT2D eigenvalue weighted by Gasteiger charge is 2.16. The summed E-state index contributed by atoms with van der Waals surface area (Å²) in [5.74, 6) is -0.0300. The zero-order valence-corrected chi connectivity index (χ0v) is 14.9. The van der Waals surface area contributed by atoms with Crippen LogP contribution in [0.3, 0.4) is 0 Å². The van der Waals surface area contributed by atoms with Crippen molar-refractivity contribution in [3.63, 3.8) is 0 Å². The first-order valence-corrected chi connectivity index (χ1v) is 9.29. The van der Waals surface area contributed by atoms with Crippen molar-refractivity contribution >= 4 is 33.2 Å². The van der Waals surface area contributed by atoms with Crippen molar-refractivity contribution in [1.82, 2.24) is 4.98 Å². The molecule has 1 N–H and O–H groups in total. The molecule has 0 radical (unpaired) electrons. The molecule has 0 spiro atoms. The first kappa shape index (κ1) is 18.0. The van der Waals surface area contributed by atoms with Crippen LogP contribution < -0.4 is 9.83 Å². The van der Waals surface area contributed by atoms with Gasteiger partial charge in [0.25, 0.3) is 10.0 Å². The first-order valence-electron chi connectivity index (χ1n) is 7.43. The molecule has 0 aliphatic rings. The fraction of sp³-hybridized carbons (Fsp3) is 0.0588. The summed E-state index contributed by atoms with van der Waals surface area (Å²) >= 11 is 5.67. The van der Waals surface area contributed by atoms with Gasteiger partial charge in [-0.1, -0.05) is 29.8 Å². The summed E-state index contributed by atoms with van der Waals surface area (Å²) in [6.07, 6.45) is 2.62. The van der Waals surface area contributed by atoms with Crippen LogP contribution in [-0.4, -0.2) is 19.3 Å². The average molecular weight is 391 g/mol. The Kier molecular flexibility index (Phi) is 5.24. The normalized spacial score (nSPS) is 12.1. The van der Waals surface area contributed by atoms with Crippen molar-refractivity contribution in [2.75, 3.05) is 4.72 Å². The van der Waals surface area contributed by atoms with E-state index in [1.165, 1.54) is 30.5 Å². The van der Waals surface area contributed by atoms with Crippen LogP contribution in [0.2, 0.25) is 5.15 Å². The number of nitrogens with zero attached hydrogens (tertiary/aromatic N) is 2. The number of furan rings is 1. The Morgan fingerprint density at radius 2 is 2.00 bits per heavy atom. The summed E-state index contributed by atoms with van der Waals surface area (Å²) in [5.41, 5.74) is 0.250. The van der Waals surface area contributed by atoms with Crippen LogP contribution in [0, 0.1) is 0 Å². The summed E-state index contributed by atoms with van der Waals surface area (Å²) in [6, 6.07) is 12.3. The molecule has 7 nitrogen and oxygen atoms in total. The van der Waals surface area contributed by atoms with Crippen molar-refractivity contribution < 1.29 is 17.9 Å². The van der Waals surface area contributed by atoms with E-state index in [0.29, 0.717) is 5.76 Å². The van der Waals surface area contributed by atoms with Gasteiger partial charge in [-0.15, -0.1) is 0 Å². The van der Waals surface area contributed by atoms with Gasteiger partial charge in [0.2, 0.25) is 0 Å². The predicted molar refractivity (Wildman–Crippen MR) is 95.4 cm³/mol. The van der Waals surface area contributed by atoms with E-state index >= 15 is 0 Å². The van der Waals surface area contributed by atoms with Crippen molar-refractivity contribution in [2.24, 2.45) is 4.99 Å². The van der Waals surface area contributed by atoms with Crippen LogP contribution in [0.5, 0.6) is 0 Å². The van der Waals surface area contributed by atoms with Crippen molar-refractivity contribution in [1.29, 1.82) is 0 Å². The molecular formula is C17H13ClN3O4S-. The first-order chi connectivity index (χ1) is 12.5. The predicted octanol–water partition coefficient (Wildman–Crippen LogP) is 2.44. The lowest BCUT2D eigenvalue weighted by molar-refractivity contribution is -0.213. The van der Waals surface area contributed by atoms with Crippen LogP contribution in [0.4, 0.5) is 5.69 Å². The largest absolute Gasteiger partial charge is 0.858 e. The van der Waals surface area contributed by atoms with Crippen LogP contribution in [0.25, 0.3) is 0 Å². The zero-order valence-electron chi connectivity index (χ0n) is 13.3. The van der Waals surface area contributed by atoms with Crippen molar-refractivity contribution in [3.8, 4) is 0 Å². The van der Waals surface area contributed by atoms with Gasteiger partial charge in [-0.3, -0.25) is 9.71 Å². The number of aromatic nitrogens is 1. The molecule has 0 fully saturated rings. The Labute approximate surface area is 155 Å². The van der Waals surface area contributed by atoms with E-state index in [-0.39, 0.29) is 27.8 Å². The number of nitrogens with one attached hydrogen (secondary N) is 1. The number of hydrogen-bond acceptors (Lipinski definition) is 6. The lowest BCUT2D eigenvalue weighted by Gasteiger charge is -2.17. The van der Waals surface area contributed by atoms with Crippen molar-refractivity contribution in [3.05, 3.63) is 77.5 Å².